The first kappa shape index (κ1) is 22.7. The fourth-order valence-electron chi connectivity index (χ4n) is 3.48. The van der Waals surface area contributed by atoms with Gasteiger partial charge in [-0.05, 0) is 49.7 Å². The van der Waals surface area contributed by atoms with Gasteiger partial charge in [0.15, 0.2) is 6.10 Å². The first-order valence-corrected chi connectivity index (χ1v) is 10.5. The molecule has 31 heavy (non-hydrogen) atoms. The molecule has 3 rings (SSSR count). The van der Waals surface area contributed by atoms with Crippen molar-refractivity contribution in [2.75, 3.05) is 40.4 Å². The van der Waals surface area contributed by atoms with E-state index >= 15 is 0 Å². The van der Waals surface area contributed by atoms with Crippen LogP contribution in [0.25, 0.3) is 0 Å². The number of benzene rings is 2. The SMILES string of the molecule is COc1cc(OC)cc(C(=O)N2CCCN(C(=O)C(C)Oc3ccc(Cl)cc3)CC2)c1. The zero-order valence-electron chi connectivity index (χ0n) is 18.0. The molecule has 1 saturated heterocycles. The molecule has 166 valence electrons. The quantitative estimate of drug-likeness (QED) is 0.679. The van der Waals surface area contributed by atoms with E-state index in [2.05, 4.69) is 0 Å². The molecule has 0 radical (unpaired) electrons. The van der Waals surface area contributed by atoms with Crippen LogP contribution in [0.2, 0.25) is 5.02 Å². The van der Waals surface area contributed by atoms with Gasteiger partial charge in [0.2, 0.25) is 0 Å². The number of ether oxygens (including phenoxy) is 3. The van der Waals surface area contributed by atoms with Crippen LogP contribution < -0.4 is 14.2 Å². The van der Waals surface area contributed by atoms with Crippen LogP contribution in [0.1, 0.15) is 23.7 Å². The summed E-state index contributed by atoms with van der Waals surface area (Å²) in [5.74, 6) is 1.48. The molecule has 0 bridgehead atoms. The summed E-state index contributed by atoms with van der Waals surface area (Å²) in [6.45, 7) is 3.75. The third kappa shape index (κ3) is 5.82. The molecule has 2 aromatic rings. The lowest BCUT2D eigenvalue weighted by Crippen LogP contribution is -2.43. The van der Waals surface area contributed by atoms with Crippen molar-refractivity contribution < 1.29 is 23.8 Å². The maximum Gasteiger partial charge on any atom is 0.263 e. The van der Waals surface area contributed by atoms with Crippen LogP contribution in [0.3, 0.4) is 0 Å². The van der Waals surface area contributed by atoms with Crippen LogP contribution in [-0.2, 0) is 4.79 Å². The lowest BCUT2D eigenvalue weighted by molar-refractivity contribution is -0.137. The standard InChI is InChI=1S/C23H27ClN2O5/c1-16(31-19-7-5-18(24)6-8-19)22(27)25-9-4-10-26(12-11-25)23(28)17-13-20(29-2)15-21(14-17)30-3/h5-8,13-16H,4,9-12H2,1-3H3. The smallest absolute Gasteiger partial charge is 0.263 e. The van der Waals surface area contributed by atoms with E-state index in [9.17, 15) is 9.59 Å². The predicted molar refractivity (Wildman–Crippen MR) is 118 cm³/mol. The third-order valence-electron chi connectivity index (χ3n) is 5.17. The van der Waals surface area contributed by atoms with Gasteiger partial charge in [0.1, 0.15) is 17.2 Å². The van der Waals surface area contributed by atoms with Gasteiger partial charge < -0.3 is 24.0 Å². The predicted octanol–water partition coefficient (Wildman–Crippen LogP) is 3.50. The Morgan fingerprint density at radius 3 is 2.06 bits per heavy atom. The van der Waals surface area contributed by atoms with E-state index in [1.165, 1.54) is 0 Å². The van der Waals surface area contributed by atoms with Gasteiger partial charge in [-0.3, -0.25) is 9.59 Å². The van der Waals surface area contributed by atoms with Gasteiger partial charge in [-0.2, -0.15) is 0 Å². The van der Waals surface area contributed by atoms with Gasteiger partial charge in [0, 0.05) is 42.8 Å². The van der Waals surface area contributed by atoms with E-state index in [4.69, 9.17) is 25.8 Å². The molecule has 2 amide bonds. The minimum atomic E-state index is -0.633. The highest BCUT2D eigenvalue weighted by molar-refractivity contribution is 6.30. The minimum Gasteiger partial charge on any atom is -0.497 e. The molecule has 1 atom stereocenters. The average molecular weight is 447 g/mol. The van der Waals surface area contributed by atoms with Crippen molar-refractivity contribution in [3.8, 4) is 17.2 Å². The zero-order chi connectivity index (χ0) is 22.4. The van der Waals surface area contributed by atoms with Crippen molar-refractivity contribution in [1.82, 2.24) is 9.80 Å². The summed E-state index contributed by atoms with van der Waals surface area (Å²) in [5, 5.41) is 0.609. The summed E-state index contributed by atoms with van der Waals surface area (Å²) in [6.07, 6.45) is 0.0535. The molecule has 0 N–H and O–H groups in total. The molecule has 1 aliphatic heterocycles. The number of carbonyl (C=O) groups is 2. The lowest BCUT2D eigenvalue weighted by Gasteiger charge is -2.25. The van der Waals surface area contributed by atoms with E-state index in [0.717, 1.165) is 0 Å². The summed E-state index contributed by atoms with van der Waals surface area (Å²) in [6, 6.07) is 12.0. The molecule has 1 aliphatic rings. The molecule has 0 spiro atoms. The van der Waals surface area contributed by atoms with Gasteiger partial charge in [-0.15, -0.1) is 0 Å². The lowest BCUT2D eigenvalue weighted by atomic mass is 10.1. The molecular weight excluding hydrogens is 420 g/mol. The zero-order valence-corrected chi connectivity index (χ0v) is 18.7. The van der Waals surface area contributed by atoms with Crippen molar-refractivity contribution in [3.63, 3.8) is 0 Å². The van der Waals surface area contributed by atoms with Crippen molar-refractivity contribution in [1.29, 1.82) is 0 Å². The summed E-state index contributed by atoms with van der Waals surface area (Å²) in [7, 11) is 3.09. The number of amides is 2. The monoisotopic (exact) mass is 446 g/mol. The summed E-state index contributed by atoms with van der Waals surface area (Å²) in [4.78, 5) is 29.4. The van der Waals surface area contributed by atoms with Gasteiger partial charge in [0.05, 0.1) is 14.2 Å². The number of rotatable bonds is 6. The van der Waals surface area contributed by atoms with Crippen molar-refractivity contribution in [2.45, 2.75) is 19.4 Å². The van der Waals surface area contributed by atoms with Crippen LogP contribution in [-0.4, -0.2) is 68.1 Å². The Bertz CT molecular complexity index is 896. The number of carbonyl (C=O) groups excluding carboxylic acids is 2. The molecule has 0 aromatic heterocycles. The molecule has 1 heterocycles. The Kier molecular flexibility index (Phi) is 7.63. The number of methoxy groups -OCH3 is 2. The van der Waals surface area contributed by atoms with Crippen molar-refractivity contribution in [3.05, 3.63) is 53.1 Å². The number of hydrogen-bond acceptors (Lipinski definition) is 5. The minimum absolute atomic E-state index is 0.104. The molecule has 1 fully saturated rings. The second-order valence-electron chi connectivity index (χ2n) is 7.29. The first-order chi connectivity index (χ1) is 14.9. The Balaban J connectivity index is 1.62. The fourth-order valence-corrected chi connectivity index (χ4v) is 3.61. The molecule has 1 unspecified atom stereocenters. The van der Waals surface area contributed by atoms with Crippen molar-refractivity contribution >= 4 is 23.4 Å². The van der Waals surface area contributed by atoms with Gasteiger partial charge >= 0.3 is 0 Å². The van der Waals surface area contributed by atoms with E-state index in [1.54, 1.807) is 73.4 Å². The van der Waals surface area contributed by atoms with E-state index in [-0.39, 0.29) is 11.8 Å². The van der Waals surface area contributed by atoms with Crippen LogP contribution in [0, 0.1) is 0 Å². The highest BCUT2D eigenvalue weighted by atomic mass is 35.5. The maximum absolute atomic E-state index is 13.0. The van der Waals surface area contributed by atoms with Crippen LogP contribution in [0.4, 0.5) is 0 Å². The number of halogens is 1. The summed E-state index contributed by atoms with van der Waals surface area (Å²) < 4.78 is 16.3. The highest BCUT2D eigenvalue weighted by Crippen LogP contribution is 2.24. The third-order valence-corrected chi connectivity index (χ3v) is 5.42. The molecular formula is C23H27ClN2O5. The molecule has 2 aromatic carbocycles. The topological polar surface area (TPSA) is 68.3 Å². The molecule has 8 heteroatoms. The Labute approximate surface area is 187 Å². The summed E-state index contributed by atoms with van der Waals surface area (Å²) in [5.41, 5.74) is 0.496. The molecule has 0 aliphatic carbocycles. The van der Waals surface area contributed by atoms with Crippen LogP contribution >= 0.6 is 11.6 Å². The van der Waals surface area contributed by atoms with Crippen LogP contribution in [0.15, 0.2) is 42.5 Å². The average Bonchev–Trinajstić information content (AvgIpc) is 3.05. The first-order valence-electron chi connectivity index (χ1n) is 10.1. The van der Waals surface area contributed by atoms with Gasteiger partial charge in [-0.1, -0.05) is 11.6 Å². The van der Waals surface area contributed by atoms with E-state index < -0.39 is 6.10 Å². The molecule has 0 saturated carbocycles. The Hall–Kier alpha value is -2.93. The van der Waals surface area contributed by atoms with E-state index in [0.29, 0.717) is 60.4 Å². The van der Waals surface area contributed by atoms with Crippen LogP contribution in [0.5, 0.6) is 17.2 Å². The number of nitrogens with zero attached hydrogens (tertiary/aromatic N) is 2. The number of hydrogen-bond donors (Lipinski definition) is 0. The fraction of sp³-hybridized carbons (Fsp3) is 0.391. The van der Waals surface area contributed by atoms with Gasteiger partial charge in [-0.25, -0.2) is 0 Å². The Morgan fingerprint density at radius 2 is 1.45 bits per heavy atom. The Morgan fingerprint density at radius 1 is 0.871 bits per heavy atom. The van der Waals surface area contributed by atoms with Crippen molar-refractivity contribution in [2.24, 2.45) is 0 Å². The largest absolute Gasteiger partial charge is 0.497 e. The normalized spacial score (nSPS) is 15.1. The van der Waals surface area contributed by atoms with E-state index in [1.807, 2.05) is 0 Å². The second-order valence-corrected chi connectivity index (χ2v) is 7.72. The highest BCUT2D eigenvalue weighted by Gasteiger charge is 2.27. The maximum atomic E-state index is 13.0. The molecule has 7 nitrogen and oxygen atoms in total. The summed E-state index contributed by atoms with van der Waals surface area (Å²) >= 11 is 5.89. The van der Waals surface area contributed by atoms with Gasteiger partial charge in [0.25, 0.3) is 11.8 Å². The second kappa shape index (κ2) is 10.4.